The van der Waals surface area contributed by atoms with Gasteiger partial charge in [-0.1, -0.05) is 12.1 Å². The number of hydrogen-bond acceptors (Lipinski definition) is 11. The number of methoxy groups -OCH3 is 4. The van der Waals surface area contributed by atoms with E-state index in [9.17, 15) is 24.0 Å². The topological polar surface area (TPSA) is 194 Å². The van der Waals surface area contributed by atoms with Gasteiger partial charge in [-0.2, -0.15) is 0 Å². The zero-order valence-corrected chi connectivity index (χ0v) is 33.7. The number of anilines is 2. The lowest BCUT2D eigenvalue weighted by atomic mass is 9.98. The van der Waals surface area contributed by atoms with Crippen molar-refractivity contribution < 1.29 is 52.4 Å². The Morgan fingerprint density at radius 3 is 2.12 bits per heavy atom. The Morgan fingerprint density at radius 2 is 1.50 bits per heavy atom. The lowest BCUT2D eigenvalue weighted by Crippen LogP contribution is -2.38. The molecule has 3 N–H and O–H groups in total. The second kappa shape index (κ2) is 17.3. The molecule has 58 heavy (non-hydrogen) atoms. The second-order valence-corrected chi connectivity index (χ2v) is 13.8. The first-order valence-electron chi connectivity index (χ1n) is 18.0. The molecule has 4 amide bonds. The minimum Gasteiger partial charge on any atom is -0.493 e. The van der Waals surface area contributed by atoms with Crippen LogP contribution in [0.15, 0.2) is 48.5 Å². The molecule has 0 aliphatic carbocycles. The van der Waals surface area contributed by atoms with Gasteiger partial charge in [0.15, 0.2) is 17.2 Å². The van der Waals surface area contributed by atoms with Gasteiger partial charge in [0.25, 0.3) is 5.91 Å². The Labute approximate surface area is 338 Å². The van der Waals surface area contributed by atoms with Gasteiger partial charge >= 0.3 is 18.2 Å². The molecule has 0 bridgehead atoms. The minimum atomic E-state index is -0.771. The van der Waals surface area contributed by atoms with Gasteiger partial charge in [-0.3, -0.25) is 9.59 Å². The maximum atomic E-state index is 14.4. The van der Waals surface area contributed by atoms with E-state index in [4.69, 9.17) is 40.0 Å². The van der Waals surface area contributed by atoms with Crippen molar-refractivity contribution in [3.05, 3.63) is 71.0 Å². The Kier molecular flexibility index (Phi) is 12.2. The van der Waals surface area contributed by atoms with Crippen LogP contribution in [0.25, 0.3) is 21.8 Å². The number of benzene rings is 3. The summed E-state index contributed by atoms with van der Waals surface area (Å²) >= 11 is 6.51. The molecular weight excluding hydrogens is 776 g/mol. The number of halogens is 1. The molecule has 306 valence electrons. The molecule has 0 spiro atoms. The summed E-state index contributed by atoms with van der Waals surface area (Å²) in [7, 11) is 8.76. The van der Waals surface area contributed by atoms with Crippen molar-refractivity contribution in [2.75, 3.05) is 78.3 Å². The molecule has 0 fully saturated rings. The van der Waals surface area contributed by atoms with Crippen molar-refractivity contribution in [2.45, 2.75) is 19.4 Å². The number of nitrogens with one attached hydrogen (secondary N) is 3. The zero-order valence-electron chi connectivity index (χ0n) is 32.9. The van der Waals surface area contributed by atoms with E-state index in [0.29, 0.717) is 56.0 Å². The van der Waals surface area contributed by atoms with Crippen LogP contribution in [0, 0.1) is 0 Å². The maximum absolute atomic E-state index is 14.4. The van der Waals surface area contributed by atoms with E-state index in [2.05, 4.69) is 15.3 Å². The molecule has 17 nitrogen and oxygen atoms in total. The summed E-state index contributed by atoms with van der Waals surface area (Å²) in [5.74, 6) is -0.291. The van der Waals surface area contributed by atoms with E-state index in [0.717, 1.165) is 5.56 Å². The number of aromatic nitrogens is 2. The number of amides is 4. The summed E-state index contributed by atoms with van der Waals surface area (Å²) in [5.41, 5.74) is 3.63. The summed E-state index contributed by atoms with van der Waals surface area (Å²) in [6.07, 6.45) is -1.38. The van der Waals surface area contributed by atoms with Crippen LogP contribution in [-0.4, -0.2) is 118 Å². The fraction of sp³-hybridized carbons (Fsp3) is 0.325. The second-order valence-electron chi connectivity index (χ2n) is 13.5. The molecule has 18 heteroatoms. The van der Waals surface area contributed by atoms with Gasteiger partial charge in [0.1, 0.15) is 18.0 Å². The number of fused-ring (bicyclic) bond motifs is 4. The quantitative estimate of drug-likeness (QED) is 0.0918. The molecule has 0 unspecified atom stereocenters. The smallest absolute Gasteiger partial charge is 0.415 e. The third-order valence-corrected chi connectivity index (χ3v) is 10.1. The molecule has 6 rings (SSSR count). The fourth-order valence-corrected chi connectivity index (χ4v) is 7.01. The van der Waals surface area contributed by atoms with Crippen LogP contribution < -0.4 is 29.2 Å². The predicted octanol–water partition coefficient (Wildman–Crippen LogP) is 6.10. The van der Waals surface area contributed by atoms with Crippen molar-refractivity contribution in [1.29, 1.82) is 0 Å². The maximum Gasteiger partial charge on any atom is 0.415 e. The largest absolute Gasteiger partial charge is 0.493 e. The van der Waals surface area contributed by atoms with E-state index < -0.39 is 24.1 Å². The third kappa shape index (κ3) is 8.11. The minimum absolute atomic E-state index is 0.00150. The standard InChI is InChI=1S/C40H43ClN6O11/c1-21(48)42-25-10-8-22(9-11-25)20-57-39(51)45(2)12-13-46(3)40(52)58-30-17-29-32(26-16-28(38(50)56-7)44-34(26)30)24(18-41)19-47(29)37(49)27-14-23-15-31(53-4)35(54-5)36(55-6)33(23)43-27/h8-11,14-17,24,43-44H,12-13,18-20H2,1-7H3,(H,42,48)/t24-/m1/s1. The van der Waals surface area contributed by atoms with Gasteiger partial charge in [0.2, 0.25) is 11.7 Å². The van der Waals surface area contributed by atoms with Gasteiger partial charge in [-0.25, -0.2) is 14.4 Å². The van der Waals surface area contributed by atoms with Crippen LogP contribution in [0.5, 0.6) is 23.0 Å². The summed E-state index contributed by atoms with van der Waals surface area (Å²) in [4.78, 5) is 74.9. The van der Waals surface area contributed by atoms with E-state index in [1.807, 2.05) is 0 Å². The van der Waals surface area contributed by atoms with E-state index >= 15 is 0 Å². The SMILES string of the molecule is COC(=O)c1cc2c3c(cc(OC(=O)N(C)CCN(C)C(=O)OCc4ccc(NC(C)=O)cc4)c2[nH]1)N(C(=O)c1cc2cc(OC)c(OC)c(OC)c2[nH]1)C[C@H]3CCl. The normalized spacial score (nSPS) is 13.2. The number of H-pyrrole nitrogens is 2. The highest BCUT2D eigenvalue weighted by molar-refractivity contribution is 6.19. The van der Waals surface area contributed by atoms with Crippen LogP contribution in [0.2, 0.25) is 0 Å². The molecule has 0 radical (unpaired) electrons. The number of nitrogens with zero attached hydrogens (tertiary/aromatic N) is 3. The summed E-state index contributed by atoms with van der Waals surface area (Å²) in [5, 5.41) is 3.83. The Balaban J connectivity index is 1.23. The van der Waals surface area contributed by atoms with Crippen LogP contribution in [0.4, 0.5) is 21.0 Å². The average Bonchev–Trinajstić information content (AvgIpc) is 3.96. The molecule has 3 aromatic carbocycles. The lowest BCUT2D eigenvalue weighted by molar-refractivity contribution is -0.114. The van der Waals surface area contributed by atoms with E-state index in [-0.39, 0.29) is 61.1 Å². The van der Waals surface area contributed by atoms with Crippen LogP contribution in [-0.2, 0) is 20.9 Å². The number of carbonyl (C=O) groups is 5. The monoisotopic (exact) mass is 818 g/mol. The number of aromatic amines is 2. The fourth-order valence-electron chi connectivity index (χ4n) is 6.76. The van der Waals surface area contributed by atoms with E-state index in [1.54, 1.807) is 48.5 Å². The molecule has 3 heterocycles. The number of carbonyl (C=O) groups excluding carboxylic acids is 5. The molecule has 0 saturated heterocycles. The van der Waals surface area contributed by atoms with Crippen LogP contribution in [0.3, 0.4) is 0 Å². The number of likely N-dealkylation sites (N-methyl/N-ethyl adjacent to an activating group) is 2. The Bertz CT molecular complexity index is 2390. The van der Waals surface area contributed by atoms with Gasteiger partial charge in [0, 0.05) is 75.0 Å². The number of hydrogen-bond donors (Lipinski definition) is 3. The predicted molar refractivity (Wildman–Crippen MR) is 215 cm³/mol. The van der Waals surface area contributed by atoms with Crippen molar-refractivity contribution in [2.24, 2.45) is 0 Å². The molecular formula is C40H43ClN6O11. The number of ether oxygens (including phenoxy) is 6. The number of rotatable bonds is 13. The highest BCUT2D eigenvalue weighted by Crippen LogP contribution is 2.47. The summed E-state index contributed by atoms with van der Waals surface area (Å²) in [6, 6.07) is 13.4. The molecule has 1 aliphatic heterocycles. The third-order valence-electron chi connectivity index (χ3n) is 9.72. The first kappa shape index (κ1) is 41.0. The highest BCUT2D eigenvalue weighted by Gasteiger charge is 2.37. The van der Waals surface area contributed by atoms with Crippen molar-refractivity contribution in [3.63, 3.8) is 0 Å². The van der Waals surface area contributed by atoms with Gasteiger partial charge in [0.05, 0.1) is 45.2 Å². The van der Waals surface area contributed by atoms with Crippen molar-refractivity contribution >= 4 is 74.8 Å². The highest BCUT2D eigenvalue weighted by atomic mass is 35.5. The Hall–Kier alpha value is -6.62. The first-order chi connectivity index (χ1) is 27.8. The van der Waals surface area contributed by atoms with Crippen LogP contribution >= 0.6 is 11.6 Å². The molecule has 2 aromatic heterocycles. The number of alkyl halides is 1. The van der Waals surface area contributed by atoms with Crippen molar-refractivity contribution in [1.82, 2.24) is 19.8 Å². The van der Waals surface area contributed by atoms with Gasteiger partial charge in [-0.15, -0.1) is 11.6 Å². The Morgan fingerprint density at radius 1 is 0.828 bits per heavy atom. The van der Waals surface area contributed by atoms with Crippen LogP contribution in [0.1, 0.15) is 44.9 Å². The van der Waals surface area contributed by atoms with E-state index in [1.165, 1.54) is 64.2 Å². The molecule has 1 aliphatic rings. The molecule has 0 saturated carbocycles. The molecule has 1 atom stereocenters. The molecule has 5 aromatic rings. The van der Waals surface area contributed by atoms with Crippen molar-refractivity contribution in [3.8, 4) is 23.0 Å². The summed E-state index contributed by atoms with van der Waals surface area (Å²) < 4.78 is 32.9. The first-order valence-corrected chi connectivity index (χ1v) is 18.5. The van der Waals surface area contributed by atoms with Gasteiger partial charge in [-0.05, 0) is 41.5 Å². The zero-order chi connectivity index (χ0) is 41.8. The lowest BCUT2D eigenvalue weighted by Gasteiger charge is -2.22. The number of esters is 1. The average molecular weight is 819 g/mol. The van der Waals surface area contributed by atoms with Gasteiger partial charge < -0.3 is 58.4 Å². The summed E-state index contributed by atoms with van der Waals surface area (Å²) in [6.45, 7) is 1.77.